The molecule has 0 bridgehead atoms. The zero-order valence-electron chi connectivity index (χ0n) is 32.1. The van der Waals surface area contributed by atoms with Crippen LogP contribution in [0.5, 0.6) is 0 Å². The number of aliphatic hydroxyl groups is 1. The number of hydrogen-bond acceptors (Lipinski definition) is 10. The molecule has 5 aromatic carbocycles. The number of aliphatic hydroxyl groups excluding tert-OH is 1. The fourth-order valence-corrected chi connectivity index (χ4v) is 5.95. The number of esters is 2. The number of oxime groups is 2. The number of rotatable bonds is 19. The van der Waals surface area contributed by atoms with E-state index in [-0.39, 0.29) is 25.9 Å². The highest BCUT2D eigenvalue weighted by Crippen LogP contribution is 2.30. The molecule has 0 heterocycles. The summed E-state index contributed by atoms with van der Waals surface area (Å²) in [5, 5.41) is 18.3. The third-order valence-electron chi connectivity index (χ3n) is 8.43. The van der Waals surface area contributed by atoms with Gasteiger partial charge in [0, 0.05) is 17.5 Å². The highest BCUT2D eigenvalue weighted by Gasteiger charge is 2.16. The van der Waals surface area contributed by atoms with Crippen LogP contribution in [0.1, 0.15) is 52.0 Å². The molecule has 0 aromatic heterocycles. The summed E-state index contributed by atoms with van der Waals surface area (Å²) >= 11 is 18.3. The highest BCUT2D eigenvalue weighted by molar-refractivity contribution is 6.43. The fourth-order valence-electron chi connectivity index (χ4n) is 5.33. The van der Waals surface area contributed by atoms with E-state index in [1.807, 2.05) is 84.9 Å². The standard InChI is InChI=1S/C26H24Cl3NO4.C19H21NO4/c1-32-30-13-5-8-22(33-16-21-14-24(28)25(29)15-23(21)27)17-34-26(31)20-11-9-19(10-12-20)18-6-3-2-4-7-18;1-23-20-13-5-8-18(21)14-24-19(22)17-11-9-16(10-12-17)15-6-3-2-4-7-15/h2-4,6-7,9-15,22H,5,8,16-17H2,1H3;2-4,6-7,9-13,18,21H,5,8,14H2,1H3/t22-;18-/m00/s1. The van der Waals surface area contributed by atoms with Gasteiger partial charge < -0.3 is 29.0 Å². The third-order valence-corrected chi connectivity index (χ3v) is 9.51. The molecule has 0 fully saturated rings. The van der Waals surface area contributed by atoms with E-state index >= 15 is 0 Å². The van der Waals surface area contributed by atoms with Gasteiger partial charge in [-0.05, 0) is 89.9 Å². The lowest BCUT2D eigenvalue weighted by Gasteiger charge is -2.18. The number of hydrogen-bond donors (Lipinski definition) is 1. The van der Waals surface area contributed by atoms with E-state index in [9.17, 15) is 14.7 Å². The number of nitrogens with zero attached hydrogens (tertiary/aromatic N) is 2. The molecule has 0 amide bonds. The quantitative estimate of drug-likeness (QED) is 0.0377. The van der Waals surface area contributed by atoms with Crippen LogP contribution >= 0.6 is 34.8 Å². The predicted molar refractivity (Wildman–Crippen MR) is 230 cm³/mol. The van der Waals surface area contributed by atoms with E-state index < -0.39 is 18.0 Å². The van der Waals surface area contributed by atoms with Crippen LogP contribution in [0.4, 0.5) is 0 Å². The van der Waals surface area contributed by atoms with Gasteiger partial charge >= 0.3 is 11.9 Å². The zero-order valence-corrected chi connectivity index (χ0v) is 34.4. The smallest absolute Gasteiger partial charge is 0.338 e. The van der Waals surface area contributed by atoms with Crippen LogP contribution in [0, 0.1) is 0 Å². The maximum atomic E-state index is 12.6. The highest BCUT2D eigenvalue weighted by atomic mass is 35.5. The predicted octanol–water partition coefficient (Wildman–Crippen LogP) is 10.8. The molecule has 0 radical (unpaired) electrons. The van der Waals surface area contributed by atoms with E-state index in [4.69, 9.17) is 49.0 Å². The molecule has 5 rings (SSSR count). The van der Waals surface area contributed by atoms with Crippen molar-refractivity contribution in [1.82, 2.24) is 0 Å². The van der Waals surface area contributed by atoms with E-state index in [1.54, 1.807) is 48.8 Å². The molecule has 0 aliphatic carbocycles. The summed E-state index contributed by atoms with van der Waals surface area (Å²) in [6.07, 6.45) is 4.23. The SMILES string of the molecule is CON=CCC[C@@H](COC(=O)c1ccc(-c2ccccc2)cc1)OCc1cc(Cl)c(Cl)cc1Cl.CON=CCC[C@H](O)COC(=O)c1ccc(-c2ccccc2)cc1. The Balaban J connectivity index is 0.000000273. The van der Waals surface area contributed by atoms with E-state index in [2.05, 4.69) is 20.0 Å². The Labute approximate surface area is 353 Å². The van der Waals surface area contributed by atoms with Gasteiger partial charge in [0.2, 0.25) is 0 Å². The lowest BCUT2D eigenvalue weighted by molar-refractivity contribution is -0.0178. The first-order chi connectivity index (χ1) is 28.2. The van der Waals surface area contributed by atoms with Gasteiger partial charge in [-0.3, -0.25) is 0 Å². The van der Waals surface area contributed by atoms with Crippen LogP contribution in [-0.4, -0.2) is 69.1 Å². The maximum absolute atomic E-state index is 12.6. The normalized spacial score (nSPS) is 12.0. The third kappa shape index (κ3) is 15.6. The first-order valence-corrected chi connectivity index (χ1v) is 19.5. The van der Waals surface area contributed by atoms with Crippen molar-refractivity contribution in [2.24, 2.45) is 10.3 Å². The molecule has 1 N–H and O–H groups in total. The second kappa shape index (κ2) is 25.2. The number of carbonyl (C=O) groups excluding carboxylic acids is 2. The van der Waals surface area contributed by atoms with Gasteiger partial charge in [0.25, 0.3) is 0 Å². The molecule has 10 nitrogen and oxygen atoms in total. The number of ether oxygens (including phenoxy) is 3. The molecule has 2 atom stereocenters. The van der Waals surface area contributed by atoms with Crippen molar-refractivity contribution in [3.05, 3.63) is 153 Å². The minimum absolute atomic E-state index is 0.0416. The summed E-state index contributed by atoms with van der Waals surface area (Å²) in [6, 6.07) is 37.6. The summed E-state index contributed by atoms with van der Waals surface area (Å²) in [6.45, 7) is 0.213. The van der Waals surface area contributed by atoms with Crippen LogP contribution < -0.4 is 0 Å². The molecule has 5 aromatic rings. The Hall–Kier alpha value is -5.23. The van der Waals surface area contributed by atoms with Gasteiger partial charge in [-0.25, -0.2) is 9.59 Å². The molecule has 0 saturated heterocycles. The average Bonchev–Trinajstić information content (AvgIpc) is 3.26. The van der Waals surface area contributed by atoms with E-state index in [0.717, 1.165) is 22.3 Å². The molecule has 13 heteroatoms. The number of halogens is 3. The minimum atomic E-state index is -0.721. The van der Waals surface area contributed by atoms with Crippen LogP contribution in [0.3, 0.4) is 0 Å². The van der Waals surface area contributed by atoms with Crippen molar-refractivity contribution in [2.75, 3.05) is 27.4 Å². The largest absolute Gasteiger partial charge is 0.459 e. The van der Waals surface area contributed by atoms with Gasteiger partial charge in [-0.2, -0.15) is 0 Å². The molecule has 0 unspecified atom stereocenters. The van der Waals surface area contributed by atoms with Crippen molar-refractivity contribution in [1.29, 1.82) is 0 Å². The molecule has 0 aliphatic heterocycles. The second-order valence-electron chi connectivity index (χ2n) is 12.6. The summed E-state index contributed by atoms with van der Waals surface area (Å²) in [5.41, 5.74) is 5.84. The fraction of sp³-hybridized carbons (Fsp3) is 0.244. The first-order valence-electron chi connectivity index (χ1n) is 18.4. The van der Waals surface area contributed by atoms with E-state index in [1.165, 1.54) is 14.2 Å². The Morgan fingerprint density at radius 3 is 1.55 bits per heavy atom. The molecule has 0 spiro atoms. The van der Waals surface area contributed by atoms with Gasteiger partial charge in [-0.15, -0.1) is 0 Å². The molecular weight excluding hydrogens is 803 g/mol. The first kappa shape index (κ1) is 45.5. The summed E-state index contributed by atoms with van der Waals surface area (Å²) in [7, 11) is 2.93. The van der Waals surface area contributed by atoms with Gasteiger partial charge in [0.15, 0.2) is 0 Å². The van der Waals surface area contributed by atoms with Crippen LogP contribution in [-0.2, 0) is 30.5 Å². The number of carbonyl (C=O) groups is 2. The van der Waals surface area contributed by atoms with Crippen molar-refractivity contribution in [2.45, 2.75) is 44.5 Å². The topological polar surface area (TPSA) is 125 Å². The minimum Gasteiger partial charge on any atom is -0.459 e. The Morgan fingerprint density at radius 2 is 1.05 bits per heavy atom. The molecule has 0 saturated carbocycles. The Kier molecular flexibility index (Phi) is 19.8. The lowest BCUT2D eigenvalue weighted by Crippen LogP contribution is -2.22. The summed E-state index contributed by atoms with van der Waals surface area (Å²) in [4.78, 5) is 33.8. The average molecular weight is 848 g/mol. The monoisotopic (exact) mass is 846 g/mol. The molecular formula is C45H45Cl3N2O8. The van der Waals surface area contributed by atoms with Gasteiger partial charge in [0.1, 0.15) is 27.4 Å². The van der Waals surface area contributed by atoms with Crippen LogP contribution in [0.2, 0.25) is 15.1 Å². The van der Waals surface area contributed by atoms with Crippen molar-refractivity contribution >= 4 is 59.2 Å². The van der Waals surface area contributed by atoms with Crippen molar-refractivity contribution in [3.8, 4) is 22.3 Å². The summed E-state index contributed by atoms with van der Waals surface area (Å²) < 4.78 is 16.6. The molecule has 0 aliphatic rings. The van der Waals surface area contributed by atoms with Crippen molar-refractivity contribution < 1.29 is 38.6 Å². The Morgan fingerprint density at radius 1 is 0.603 bits per heavy atom. The molecule has 304 valence electrons. The van der Waals surface area contributed by atoms with Crippen LogP contribution in [0.25, 0.3) is 22.3 Å². The van der Waals surface area contributed by atoms with E-state index in [0.29, 0.717) is 57.4 Å². The Bertz CT molecular complexity index is 2050. The van der Waals surface area contributed by atoms with Gasteiger partial charge in [0.05, 0.1) is 40.0 Å². The van der Waals surface area contributed by atoms with Crippen LogP contribution in [0.15, 0.2) is 132 Å². The maximum Gasteiger partial charge on any atom is 0.338 e. The summed E-state index contributed by atoms with van der Waals surface area (Å²) in [5.74, 6) is -0.870. The number of benzene rings is 5. The van der Waals surface area contributed by atoms with Crippen molar-refractivity contribution in [3.63, 3.8) is 0 Å². The lowest BCUT2D eigenvalue weighted by atomic mass is 10.0. The second-order valence-corrected chi connectivity index (χ2v) is 13.8. The molecule has 58 heavy (non-hydrogen) atoms. The van der Waals surface area contributed by atoms with Gasteiger partial charge in [-0.1, -0.05) is 130 Å². The zero-order chi connectivity index (χ0) is 41.5.